The summed E-state index contributed by atoms with van der Waals surface area (Å²) in [5.41, 5.74) is 4.07. The molecular weight excluding hydrogens is 370 g/mol. The predicted molar refractivity (Wildman–Crippen MR) is 114 cm³/mol. The second-order valence-corrected chi connectivity index (χ2v) is 8.27. The number of nitrogens with zero attached hydrogens (tertiary/aromatic N) is 3. The van der Waals surface area contributed by atoms with Gasteiger partial charge in [0.2, 0.25) is 0 Å². The number of carbonyl (C=O) groups is 1. The number of aryl methyl sites for hydroxylation is 1. The van der Waals surface area contributed by atoms with Gasteiger partial charge in [0, 0.05) is 29.1 Å². The summed E-state index contributed by atoms with van der Waals surface area (Å²) in [6.07, 6.45) is 0. The molecule has 0 unspecified atom stereocenters. The maximum absolute atomic E-state index is 11.9. The Hall–Kier alpha value is -2.12. The van der Waals surface area contributed by atoms with Crippen LogP contribution in [0.4, 0.5) is 5.82 Å². The number of hydrogen-bond donors (Lipinski definition) is 2. The van der Waals surface area contributed by atoms with E-state index in [0.29, 0.717) is 12.1 Å². The first-order valence-corrected chi connectivity index (χ1v) is 10.9. The van der Waals surface area contributed by atoms with Crippen LogP contribution in [0.3, 0.4) is 0 Å². The minimum absolute atomic E-state index is 0.0298. The molecule has 0 bridgehead atoms. The van der Waals surface area contributed by atoms with Gasteiger partial charge in [0.15, 0.2) is 5.16 Å². The smallest absolute Gasteiger partial charge is 0.251 e. The first kappa shape index (κ1) is 20.6. The van der Waals surface area contributed by atoms with Gasteiger partial charge < -0.3 is 15.1 Å². The van der Waals surface area contributed by atoms with Crippen LogP contribution < -0.4 is 15.1 Å². The fourth-order valence-corrected chi connectivity index (χ4v) is 4.06. The number of rotatable bonds is 6. The summed E-state index contributed by atoms with van der Waals surface area (Å²) in [5, 5.41) is 3.64. The molecule has 1 amide bonds. The van der Waals surface area contributed by atoms with Gasteiger partial charge >= 0.3 is 0 Å². The van der Waals surface area contributed by atoms with E-state index in [4.69, 9.17) is 4.98 Å². The SMILES string of the molecule is CCNC(=O)c1ccc(CSc2nc(C)c(C)c(N3CC[NH+](C)CC3)n2)cc1. The number of aromatic nitrogens is 2. The van der Waals surface area contributed by atoms with Crippen LogP contribution in [0.25, 0.3) is 0 Å². The Balaban J connectivity index is 1.68. The van der Waals surface area contributed by atoms with Crippen molar-refractivity contribution in [3.05, 3.63) is 46.6 Å². The second kappa shape index (κ2) is 9.39. The maximum Gasteiger partial charge on any atom is 0.251 e. The van der Waals surface area contributed by atoms with E-state index >= 15 is 0 Å². The summed E-state index contributed by atoms with van der Waals surface area (Å²) in [4.78, 5) is 25.4. The first-order valence-electron chi connectivity index (χ1n) is 9.89. The molecule has 0 atom stereocenters. The fourth-order valence-electron chi connectivity index (χ4n) is 3.22. The molecule has 1 aromatic heterocycles. The highest BCUT2D eigenvalue weighted by atomic mass is 32.2. The van der Waals surface area contributed by atoms with Gasteiger partial charge in [-0.25, -0.2) is 9.97 Å². The van der Waals surface area contributed by atoms with Crippen molar-refractivity contribution in [2.24, 2.45) is 0 Å². The van der Waals surface area contributed by atoms with E-state index in [-0.39, 0.29) is 5.91 Å². The number of hydrogen-bond acceptors (Lipinski definition) is 5. The zero-order valence-corrected chi connectivity index (χ0v) is 18.0. The van der Waals surface area contributed by atoms with Gasteiger partial charge in [-0.1, -0.05) is 23.9 Å². The molecule has 1 saturated heterocycles. The van der Waals surface area contributed by atoms with E-state index < -0.39 is 0 Å². The molecule has 3 rings (SSSR count). The van der Waals surface area contributed by atoms with Gasteiger partial charge in [-0.2, -0.15) is 0 Å². The lowest BCUT2D eigenvalue weighted by atomic mass is 10.1. The number of carbonyl (C=O) groups excluding carboxylic acids is 1. The molecule has 1 aliphatic rings. The van der Waals surface area contributed by atoms with Crippen LogP contribution in [0, 0.1) is 13.8 Å². The number of nitrogens with one attached hydrogen (secondary N) is 2. The molecule has 0 spiro atoms. The third-order valence-corrected chi connectivity index (χ3v) is 6.10. The minimum Gasteiger partial charge on any atom is -0.352 e. The molecule has 0 radical (unpaired) electrons. The third-order valence-electron chi connectivity index (χ3n) is 5.18. The topological polar surface area (TPSA) is 62.6 Å². The molecule has 2 heterocycles. The Kier molecular flexibility index (Phi) is 6.91. The first-order chi connectivity index (χ1) is 13.5. The summed E-state index contributed by atoms with van der Waals surface area (Å²) < 4.78 is 0. The predicted octanol–water partition coefficient (Wildman–Crippen LogP) is 1.47. The number of thioether (sulfide) groups is 1. The Morgan fingerprint density at radius 2 is 1.86 bits per heavy atom. The lowest BCUT2D eigenvalue weighted by molar-refractivity contribution is -0.880. The van der Waals surface area contributed by atoms with E-state index in [1.807, 2.05) is 31.2 Å². The lowest BCUT2D eigenvalue weighted by Crippen LogP contribution is -3.12. The van der Waals surface area contributed by atoms with Crippen LogP contribution in [-0.4, -0.2) is 55.6 Å². The van der Waals surface area contributed by atoms with Crippen LogP contribution in [-0.2, 0) is 5.75 Å². The number of amides is 1. The summed E-state index contributed by atoms with van der Waals surface area (Å²) in [5.74, 6) is 1.83. The van der Waals surface area contributed by atoms with Crippen LogP contribution in [0.2, 0.25) is 0 Å². The second-order valence-electron chi connectivity index (χ2n) is 7.33. The standard InChI is InChI=1S/C21H29N5OS/c1-5-22-20(27)18-8-6-17(7-9-18)14-28-21-23-16(3)15(2)19(24-21)26-12-10-25(4)11-13-26/h6-9H,5,10-14H2,1-4H3,(H,22,27)/p+1. The third kappa shape index (κ3) is 5.02. The average molecular weight is 401 g/mol. The molecule has 1 aromatic carbocycles. The van der Waals surface area contributed by atoms with Gasteiger partial charge in [-0.3, -0.25) is 4.79 Å². The lowest BCUT2D eigenvalue weighted by Gasteiger charge is -2.32. The van der Waals surface area contributed by atoms with Gasteiger partial charge in [0.25, 0.3) is 5.91 Å². The van der Waals surface area contributed by atoms with E-state index in [9.17, 15) is 4.79 Å². The van der Waals surface area contributed by atoms with E-state index in [2.05, 4.69) is 36.1 Å². The molecule has 150 valence electrons. The average Bonchev–Trinajstić information content (AvgIpc) is 2.70. The molecule has 1 fully saturated rings. The molecule has 6 nitrogen and oxygen atoms in total. The molecular formula is C21H30N5OS+. The van der Waals surface area contributed by atoms with Crippen molar-refractivity contribution in [2.75, 3.05) is 44.7 Å². The summed E-state index contributed by atoms with van der Waals surface area (Å²) >= 11 is 1.64. The van der Waals surface area contributed by atoms with Gasteiger partial charge in [-0.15, -0.1) is 0 Å². The van der Waals surface area contributed by atoms with Crippen molar-refractivity contribution < 1.29 is 9.69 Å². The number of quaternary nitrogens is 1. The van der Waals surface area contributed by atoms with Crippen LogP contribution >= 0.6 is 11.8 Å². The largest absolute Gasteiger partial charge is 0.352 e. The van der Waals surface area contributed by atoms with Crippen LogP contribution in [0.5, 0.6) is 0 Å². The van der Waals surface area contributed by atoms with Crippen molar-refractivity contribution in [2.45, 2.75) is 31.7 Å². The number of likely N-dealkylation sites (N-methyl/N-ethyl adjacent to an activating group) is 1. The van der Waals surface area contributed by atoms with Crippen molar-refractivity contribution in [3.63, 3.8) is 0 Å². The van der Waals surface area contributed by atoms with Crippen molar-refractivity contribution >= 4 is 23.5 Å². The van der Waals surface area contributed by atoms with Crippen LogP contribution in [0.15, 0.2) is 29.4 Å². The van der Waals surface area contributed by atoms with Gasteiger partial charge in [-0.05, 0) is 38.5 Å². The summed E-state index contributed by atoms with van der Waals surface area (Å²) in [6.45, 7) is 11.1. The summed E-state index contributed by atoms with van der Waals surface area (Å²) in [6, 6.07) is 7.76. The minimum atomic E-state index is -0.0298. The van der Waals surface area contributed by atoms with Crippen molar-refractivity contribution in [1.29, 1.82) is 0 Å². The highest BCUT2D eigenvalue weighted by Gasteiger charge is 2.21. The van der Waals surface area contributed by atoms with Gasteiger partial charge in [0.05, 0.1) is 33.2 Å². The quantitative estimate of drug-likeness (QED) is 0.568. The molecule has 2 aromatic rings. The van der Waals surface area contributed by atoms with E-state index in [1.54, 1.807) is 16.7 Å². The van der Waals surface area contributed by atoms with Gasteiger partial charge in [0.1, 0.15) is 5.82 Å². The molecule has 1 aliphatic heterocycles. The normalized spacial score (nSPS) is 14.9. The zero-order chi connectivity index (χ0) is 20.1. The number of benzene rings is 1. The highest BCUT2D eigenvalue weighted by Crippen LogP contribution is 2.26. The molecule has 0 aliphatic carbocycles. The summed E-state index contributed by atoms with van der Waals surface area (Å²) in [7, 11) is 2.24. The van der Waals surface area contributed by atoms with E-state index in [1.165, 1.54) is 5.56 Å². The molecule has 28 heavy (non-hydrogen) atoms. The molecule has 7 heteroatoms. The highest BCUT2D eigenvalue weighted by molar-refractivity contribution is 7.98. The molecule has 2 N–H and O–H groups in total. The Morgan fingerprint density at radius 3 is 2.50 bits per heavy atom. The zero-order valence-electron chi connectivity index (χ0n) is 17.2. The van der Waals surface area contributed by atoms with E-state index in [0.717, 1.165) is 54.2 Å². The van der Waals surface area contributed by atoms with Crippen LogP contribution in [0.1, 0.15) is 34.1 Å². The molecule has 0 saturated carbocycles. The monoisotopic (exact) mass is 400 g/mol. The Bertz CT molecular complexity index is 816. The Labute approximate surface area is 171 Å². The Morgan fingerprint density at radius 1 is 1.18 bits per heavy atom. The number of anilines is 1. The maximum atomic E-state index is 11.9. The van der Waals surface area contributed by atoms with Crippen molar-refractivity contribution in [3.8, 4) is 0 Å². The fraction of sp³-hybridized carbons (Fsp3) is 0.476. The van der Waals surface area contributed by atoms with Crippen molar-refractivity contribution in [1.82, 2.24) is 15.3 Å². The number of piperazine rings is 1.